The zero-order valence-corrected chi connectivity index (χ0v) is 15.2. The largest absolute Gasteiger partial charge is 0.380 e. The number of amides is 1. The molecule has 5 nitrogen and oxygen atoms in total. The first-order chi connectivity index (χ1) is 12.1. The van der Waals surface area contributed by atoms with Crippen molar-refractivity contribution >= 4 is 17.2 Å². The van der Waals surface area contributed by atoms with E-state index in [9.17, 15) is 4.79 Å². The van der Waals surface area contributed by atoms with Gasteiger partial charge in [0.2, 0.25) is 0 Å². The number of carbonyl (C=O) groups excluding carboxylic acids is 1. The molecule has 0 aromatic carbocycles. The Kier molecular flexibility index (Phi) is 4.58. The van der Waals surface area contributed by atoms with Gasteiger partial charge in [-0.2, -0.15) is 0 Å². The zero-order valence-electron chi connectivity index (χ0n) is 14.4. The number of nitrogens with zero attached hydrogens (tertiary/aromatic N) is 2. The standard InChI is InChI=1S/C19H23N3O2S/c1-14-4-5-17(25-14)9-22-8-16-10-24-13-19(16,12-22)11-21-18(23)15-3-2-6-20-7-15/h2-7,16H,8-13H2,1H3,(H,21,23)/t16-,19+/m0/s1. The topological polar surface area (TPSA) is 54.5 Å². The molecular weight excluding hydrogens is 334 g/mol. The predicted octanol–water partition coefficient (Wildman–Crippen LogP) is 2.33. The molecule has 0 aliphatic carbocycles. The number of aromatic nitrogens is 1. The minimum absolute atomic E-state index is 0.0319. The molecule has 132 valence electrons. The minimum atomic E-state index is -0.0551. The van der Waals surface area contributed by atoms with Gasteiger partial charge < -0.3 is 10.1 Å². The lowest BCUT2D eigenvalue weighted by Gasteiger charge is -2.27. The van der Waals surface area contributed by atoms with Crippen molar-refractivity contribution in [2.24, 2.45) is 11.3 Å². The summed E-state index contributed by atoms with van der Waals surface area (Å²) in [5.74, 6) is 0.434. The molecule has 4 heterocycles. The molecule has 2 fully saturated rings. The number of fused-ring (bicyclic) bond motifs is 1. The number of thiophene rings is 1. The first-order valence-electron chi connectivity index (χ1n) is 8.68. The summed E-state index contributed by atoms with van der Waals surface area (Å²) < 4.78 is 5.77. The molecule has 0 radical (unpaired) electrons. The van der Waals surface area contributed by atoms with Crippen LogP contribution in [0.5, 0.6) is 0 Å². The molecule has 2 aromatic rings. The highest BCUT2D eigenvalue weighted by Crippen LogP contribution is 2.41. The average molecular weight is 357 g/mol. The number of carbonyl (C=O) groups is 1. The summed E-state index contributed by atoms with van der Waals surface area (Å²) in [5.41, 5.74) is 0.641. The fourth-order valence-electron chi connectivity index (χ4n) is 3.96. The van der Waals surface area contributed by atoms with Crippen molar-refractivity contribution in [1.29, 1.82) is 0 Å². The van der Waals surface area contributed by atoms with Crippen molar-refractivity contribution in [2.45, 2.75) is 13.5 Å². The second-order valence-corrected chi connectivity index (χ2v) is 8.55. The lowest BCUT2D eigenvalue weighted by atomic mass is 9.81. The zero-order chi connectivity index (χ0) is 17.3. The van der Waals surface area contributed by atoms with Crippen LogP contribution in [0.2, 0.25) is 0 Å². The van der Waals surface area contributed by atoms with Gasteiger partial charge in [0.05, 0.1) is 18.8 Å². The highest BCUT2D eigenvalue weighted by atomic mass is 32.1. The molecule has 2 atom stereocenters. The van der Waals surface area contributed by atoms with E-state index in [2.05, 4.69) is 34.3 Å². The first kappa shape index (κ1) is 16.7. The van der Waals surface area contributed by atoms with E-state index in [0.717, 1.165) is 32.8 Å². The van der Waals surface area contributed by atoms with E-state index in [1.807, 2.05) is 11.3 Å². The monoisotopic (exact) mass is 357 g/mol. The maximum absolute atomic E-state index is 12.4. The van der Waals surface area contributed by atoms with E-state index in [0.29, 0.717) is 18.0 Å². The molecule has 2 aliphatic rings. The predicted molar refractivity (Wildman–Crippen MR) is 97.6 cm³/mol. The Morgan fingerprint density at radius 3 is 3.16 bits per heavy atom. The second kappa shape index (κ2) is 6.86. The van der Waals surface area contributed by atoms with E-state index in [4.69, 9.17) is 4.74 Å². The first-order valence-corrected chi connectivity index (χ1v) is 9.50. The Balaban J connectivity index is 1.40. The van der Waals surface area contributed by atoms with Crippen molar-refractivity contribution in [2.75, 3.05) is 32.8 Å². The molecule has 0 unspecified atom stereocenters. The molecule has 0 bridgehead atoms. The Morgan fingerprint density at radius 2 is 2.40 bits per heavy atom. The van der Waals surface area contributed by atoms with Gasteiger partial charge >= 0.3 is 0 Å². The van der Waals surface area contributed by atoms with Gasteiger partial charge in [-0.15, -0.1) is 11.3 Å². The minimum Gasteiger partial charge on any atom is -0.380 e. The quantitative estimate of drug-likeness (QED) is 0.892. The molecule has 0 spiro atoms. The van der Waals surface area contributed by atoms with Gasteiger partial charge in [-0.25, -0.2) is 0 Å². The lowest BCUT2D eigenvalue weighted by molar-refractivity contribution is 0.0904. The number of nitrogens with one attached hydrogen (secondary N) is 1. The molecule has 2 saturated heterocycles. The van der Waals surface area contributed by atoms with Crippen molar-refractivity contribution in [1.82, 2.24) is 15.2 Å². The molecular formula is C19H23N3O2S. The summed E-state index contributed by atoms with van der Waals surface area (Å²) in [6.07, 6.45) is 3.28. The summed E-state index contributed by atoms with van der Waals surface area (Å²) in [6.45, 7) is 7.34. The summed E-state index contributed by atoms with van der Waals surface area (Å²) in [6, 6.07) is 7.99. The fourth-order valence-corrected chi connectivity index (χ4v) is 4.89. The Morgan fingerprint density at radius 1 is 1.48 bits per heavy atom. The molecule has 25 heavy (non-hydrogen) atoms. The molecule has 1 amide bonds. The average Bonchev–Trinajstić information content (AvgIpc) is 3.28. The normalized spacial score (nSPS) is 25.9. The van der Waals surface area contributed by atoms with Crippen LogP contribution in [0.25, 0.3) is 0 Å². The fraction of sp³-hybridized carbons (Fsp3) is 0.474. The van der Waals surface area contributed by atoms with Crippen molar-refractivity contribution in [3.05, 3.63) is 52.0 Å². The van der Waals surface area contributed by atoms with Crippen LogP contribution in [-0.2, 0) is 11.3 Å². The third-order valence-electron chi connectivity index (χ3n) is 5.29. The van der Waals surface area contributed by atoms with Crippen molar-refractivity contribution in [3.8, 4) is 0 Å². The number of ether oxygens (including phenoxy) is 1. The van der Waals surface area contributed by atoms with Crippen LogP contribution >= 0.6 is 11.3 Å². The summed E-state index contributed by atoms with van der Waals surface area (Å²) in [4.78, 5) is 21.7. The van der Waals surface area contributed by atoms with Crippen LogP contribution in [-0.4, -0.2) is 48.6 Å². The third-order valence-corrected chi connectivity index (χ3v) is 6.28. The molecule has 1 N–H and O–H groups in total. The van der Waals surface area contributed by atoms with E-state index in [1.165, 1.54) is 9.75 Å². The number of hydrogen-bond acceptors (Lipinski definition) is 5. The SMILES string of the molecule is Cc1ccc(CN2C[C@H]3COC[C@@]3(CNC(=O)c3cccnc3)C2)s1. The van der Waals surface area contributed by atoms with Gasteiger partial charge in [0, 0.05) is 59.7 Å². The summed E-state index contributed by atoms with van der Waals surface area (Å²) in [5, 5.41) is 3.11. The molecule has 0 saturated carbocycles. The van der Waals surface area contributed by atoms with Crippen LogP contribution < -0.4 is 5.32 Å². The second-order valence-electron chi connectivity index (χ2n) is 7.18. The van der Waals surface area contributed by atoms with Gasteiger partial charge in [0.1, 0.15) is 0 Å². The Hall–Kier alpha value is -1.76. The number of aryl methyl sites for hydroxylation is 1. The van der Waals surface area contributed by atoms with E-state index in [-0.39, 0.29) is 11.3 Å². The molecule has 4 rings (SSSR count). The molecule has 2 aromatic heterocycles. The maximum Gasteiger partial charge on any atom is 0.252 e. The summed E-state index contributed by atoms with van der Waals surface area (Å²) in [7, 11) is 0. The van der Waals surface area contributed by atoms with E-state index < -0.39 is 0 Å². The van der Waals surface area contributed by atoms with Crippen LogP contribution in [0.4, 0.5) is 0 Å². The van der Waals surface area contributed by atoms with Gasteiger partial charge in [-0.1, -0.05) is 0 Å². The van der Waals surface area contributed by atoms with Gasteiger partial charge in [0.25, 0.3) is 5.91 Å². The Labute approximate surface area is 152 Å². The van der Waals surface area contributed by atoms with Crippen molar-refractivity contribution < 1.29 is 9.53 Å². The maximum atomic E-state index is 12.4. The number of pyridine rings is 1. The third kappa shape index (κ3) is 3.47. The highest BCUT2D eigenvalue weighted by Gasteiger charge is 2.50. The van der Waals surface area contributed by atoms with E-state index >= 15 is 0 Å². The lowest BCUT2D eigenvalue weighted by Crippen LogP contribution is -2.43. The number of rotatable bonds is 5. The number of likely N-dealkylation sites (tertiary alicyclic amines) is 1. The summed E-state index contributed by atoms with van der Waals surface area (Å²) >= 11 is 1.87. The van der Waals surface area contributed by atoms with Crippen LogP contribution in [0.15, 0.2) is 36.7 Å². The number of hydrogen-bond donors (Lipinski definition) is 1. The highest BCUT2D eigenvalue weighted by molar-refractivity contribution is 7.11. The molecule has 6 heteroatoms. The smallest absolute Gasteiger partial charge is 0.252 e. The van der Waals surface area contributed by atoms with Crippen molar-refractivity contribution in [3.63, 3.8) is 0 Å². The van der Waals surface area contributed by atoms with Gasteiger partial charge in [-0.05, 0) is 31.2 Å². The van der Waals surface area contributed by atoms with Crippen LogP contribution in [0, 0.1) is 18.3 Å². The van der Waals surface area contributed by atoms with Gasteiger partial charge in [0.15, 0.2) is 0 Å². The van der Waals surface area contributed by atoms with E-state index in [1.54, 1.807) is 24.5 Å². The van der Waals surface area contributed by atoms with Gasteiger partial charge in [-0.3, -0.25) is 14.7 Å². The van der Waals surface area contributed by atoms with Crippen LogP contribution in [0.3, 0.4) is 0 Å². The molecule has 2 aliphatic heterocycles. The Bertz CT molecular complexity index is 748. The van der Waals surface area contributed by atoms with Crippen LogP contribution in [0.1, 0.15) is 20.1 Å².